The first-order chi connectivity index (χ1) is 25.0. The fourth-order valence-corrected chi connectivity index (χ4v) is 13.9. The Bertz CT molecular complexity index is 1690. The average Bonchev–Trinajstić information content (AvgIpc) is 3.57. The van der Waals surface area contributed by atoms with Crippen LogP contribution in [-0.4, -0.2) is 52.7 Å². The molecule has 0 bridgehead atoms. The van der Waals surface area contributed by atoms with E-state index in [9.17, 15) is 10.2 Å². The summed E-state index contributed by atoms with van der Waals surface area (Å²) < 4.78 is 12.2. The van der Waals surface area contributed by atoms with E-state index < -0.39 is 5.60 Å². The van der Waals surface area contributed by atoms with Gasteiger partial charge in [0.1, 0.15) is 0 Å². The number of nitrogens with one attached hydrogen (secondary N) is 1. The Morgan fingerprint density at radius 2 is 1.79 bits per heavy atom. The van der Waals surface area contributed by atoms with Crippen molar-refractivity contribution in [3.05, 3.63) is 48.4 Å². The van der Waals surface area contributed by atoms with Crippen LogP contribution in [0.2, 0.25) is 0 Å². The van der Waals surface area contributed by atoms with Crippen molar-refractivity contribution in [3.63, 3.8) is 0 Å². The summed E-state index contributed by atoms with van der Waals surface area (Å²) >= 11 is 0. The Hall–Kier alpha value is -2.35. The molecule has 7 fully saturated rings. The van der Waals surface area contributed by atoms with E-state index in [2.05, 4.69) is 37.4 Å². The van der Waals surface area contributed by atoms with Crippen LogP contribution in [0, 0.1) is 52.3 Å². The van der Waals surface area contributed by atoms with Crippen molar-refractivity contribution in [2.45, 2.75) is 146 Å². The first-order valence-electron chi connectivity index (χ1n) is 21.2. The molecule has 7 nitrogen and oxygen atoms in total. The third-order valence-electron chi connectivity index (χ3n) is 16.8. The van der Waals surface area contributed by atoms with Crippen molar-refractivity contribution < 1.29 is 19.4 Å². The van der Waals surface area contributed by atoms with Gasteiger partial charge >= 0.3 is 0 Å². The molecule has 0 amide bonds. The molecule has 1 aromatic heterocycles. The minimum absolute atomic E-state index is 0.00634. The Morgan fingerprint density at radius 1 is 0.962 bits per heavy atom. The molecule has 6 aliphatic carbocycles. The first-order valence-corrected chi connectivity index (χ1v) is 21.2. The number of guanidine groups is 1. The van der Waals surface area contributed by atoms with E-state index in [0.29, 0.717) is 59.4 Å². The molecule has 13 atom stereocenters. The van der Waals surface area contributed by atoms with Gasteiger partial charge in [0.05, 0.1) is 35.9 Å². The molecule has 284 valence electrons. The summed E-state index contributed by atoms with van der Waals surface area (Å²) in [5.41, 5.74) is 9.08. The Balaban J connectivity index is 0.801. The van der Waals surface area contributed by atoms with Crippen LogP contribution >= 0.6 is 0 Å². The number of nitrogens with zero attached hydrogens (tertiary/aromatic N) is 1. The molecule has 52 heavy (non-hydrogen) atoms. The van der Waals surface area contributed by atoms with Gasteiger partial charge in [0.15, 0.2) is 5.96 Å². The van der Waals surface area contributed by atoms with Gasteiger partial charge in [0, 0.05) is 35.7 Å². The van der Waals surface area contributed by atoms with Crippen LogP contribution in [0.15, 0.2) is 52.3 Å². The number of nitrogens with two attached hydrogens (primary N) is 1. The molecule has 1 saturated heterocycles. The normalized spacial score (nSPS) is 46.1. The third kappa shape index (κ3) is 6.17. The van der Waals surface area contributed by atoms with Gasteiger partial charge in [0.2, 0.25) is 0 Å². The lowest BCUT2D eigenvalue weighted by Gasteiger charge is -2.58. The summed E-state index contributed by atoms with van der Waals surface area (Å²) in [6.07, 6.45) is 22.7. The molecular weight excluding hydrogens is 647 g/mol. The Labute approximate surface area is 311 Å². The second-order valence-electron chi connectivity index (χ2n) is 19.8. The summed E-state index contributed by atoms with van der Waals surface area (Å²) in [6, 6.07) is 6.33. The largest absolute Gasteiger partial charge is 0.471 e. The topological polar surface area (TPSA) is 117 Å². The number of aliphatic imine (C=N–C) groups is 1. The zero-order chi connectivity index (χ0) is 35.9. The summed E-state index contributed by atoms with van der Waals surface area (Å²) in [7, 11) is 0. The van der Waals surface area contributed by atoms with Crippen LogP contribution in [0.5, 0.6) is 0 Å². The fraction of sp³-hybridized carbons (Fsp3) is 0.756. The number of allylic oxidation sites excluding steroid dienone is 1. The lowest BCUT2D eigenvalue weighted by Crippen LogP contribution is -2.51. The summed E-state index contributed by atoms with van der Waals surface area (Å²) in [6.45, 7) is 11.5. The van der Waals surface area contributed by atoms with Gasteiger partial charge in [-0.3, -0.25) is 4.99 Å². The fourth-order valence-electron chi connectivity index (χ4n) is 13.9. The van der Waals surface area contributed by atoms with Gasteiger partial charge in [-0.1, -0.05) is 37.3 Å². The van der Waals surface area contributed by atoms with Crippen LogP contribution < -0.4 is 11.1 Å². The van der Waals surface area contributed by atoms with E-state index in [1.54, 1.807) is 6.26 Å². The summed E-state index contributed by atoms with van der Waals surface area (Å²) in [4.78, 5) is 4.82. The van der Waals surface area contributed by atoms with Gasteiger partial charge in [-0.2, -0.15) is 0 Å². The summed E-state index contributed by atoms with van der Waals surface area (Å²) in [5.74, 6) is 4.89. The monoisotopic (exact) mass is 711 g/mol. The maximum Gasteiger partial charge on any atom is 0.188 e. The zero-order valence-corrected chi connectivity index (χ0v) is 32.0. The quantitative estimate of drug-likeness (QED) is 0.0994. The number of fused-ring (bicyclic) bond motifs is 5. The molecule has 0 unspecified atom stereocenters. The molecule has 2 heterocycles. The van der Waals surface area contributed by atoms with Gasteiger partial charge in [-0.05, 0) is 162 Å². The second-order valence-corrected chi connectivity index (χ2v) is 19.8. The number of epoxide rings is 1. The van der Waals surface area contributed by atoms with Crippen LogP contribution in [-0.2, 0) is 11.2 Å². The number of hydrogen-bond donors (Lipinski definition) is 4. The maximum atomic E-state index is 11.7. The predicted octanol–water partition coefficient (Wildman–Crippen LogP) is 8.31. The van der Waals surface area contributed by atoms with E-state index >= 15 is 0 Å². The van der Waals surface area contributed by atoms with Crippen molar-refractivity contribution >= 4 is 16.7 Å². The van der Waals surface area contributed by atoms with Crippen molar-refractivity contribution in [2.24, 2.45) is 63.0 Å². The highest BCUT2D eigenvalue weighted by atomic mass is 16.6. The van der Waals surface area contributed by atoms with Crippen molar-refractivity contribution in [3.8, 4) is 0 Å². The molecule has 5 N–H and O–H groups in total. The smallest absolute Gasteiger partial charge is 0.188 e. The van der Waals surface area contributed by atoms with Gasteiger partial charge in [0.25, 0.3) is 0 Å². The van der Waals surface area contributed by atoms with Crippen LogP contribution in [0.25, 0.3) is 10.8 Å². The van der Waals surface area contributed by atoms with Crippen LogP contribution in [0.3, 0.4) is 0 Å². The number of ether oxygens (including phenoxy) is 1. The minimum Gasteiger partial charge on any atom is -0.471 e. The highest BCUT2D eigenvalue weighted by Crippen LogP contribution is 2.69. The molecule has 0 radical (unpaired) electrons. The highest BCUT2D eigenvalue weighted by molar-refractivity contribution is 5.84. The molecule has 1 aliphatic heterocycles. The van der Waals surface area contributed by atoms with Gasteiger partial charge in [-0.15, -0.1) is 0 Å². The summed E-state index contributed by atoms with van der Waals surface area (Å²) in [5, 5.41) is 27.8. The van der Waals surface area contributed by atoms with Crippen molar-refractivity contribution in [1.82, 2.24) is 5.32 Å². The molecular formula is C45H65N3O4. The van der Waals surface area contributed by atoms with Crippen LogP contribution in [0.1, 0.15) is 122 Å². The van der Waals surface area contributed by atoms with Crippen molar-refractivity contribution in [1.29, 1.82) is 0 Å². The Morgan fingerprint density at radius 3 is 2.67 bits per heavy atom. The van der Waals surface area contributed by atoms with Gasteiger partial charge < -0.3 is 30.4 Å². The lowest BCUT2D eigenvalue weighted by atomic mass is 9.46. The number of aliphatic hydroxyl groups is 2. The molecule has 1 aromatic carbocycles. The number of furan rings is 1. The lowest BCUT2D eigenvalue weighted by molar-refractivity contribution is -0.127. The number of benzene rings is 1. The van der Waals surface area contributed by atoms with Crippen LogP contribution in [0.4, 0.5) is 0 Å². The van der Waals surface area contributed by atoms with E-state index in [1.165, 1.54) is 80.7 Å². The predicted molar refractivity (Wildman–Crippen MR) is 207 cm³/mol. The maximum absolute atomic E-state index is 11.7. The van der Waals surface area contributed by atoms with Crippen molar-refractivity contribution in [2.75, 3.05) is 13.1 Å². The van der Waals surface area contributed by atoms with E-state index in [1.807, 2.05) is 6.26 Å². The molecule has 7 aliphatic rings. The molecule has 7 heteroatoms. The molecule has 1 spiro atoms. The van der Waals surface area contributed by atoms with E-state index in [4.69, 9.17) is 26.5 Å². The van der Waals surface area contributed by atoms with E-state index in [-0.39, 0.29) is 17.1 Å². The number of rotatable bonds is 7. The highest BCUT2D eigenvalue weighted by Gasteiger charge is 2.67. The molecule has 6 saturated carbocycles. The SMILES string of the molecule is C=C1C[C@@]2(CC[C@H]([C@H]3CC[C@@H]4CC[C@H](O)C[C@]4(O)C3)C2)[C@@H]2O[C@]2(C)CC[C@H]2[C@@H]1C[C@]2(C)[C@H]1CC[C@H](CN=C(N)NCCc2cccc3cocc23)C1. The standard InChI is InChI=1S/C45H65N3O4/c1-28-20-44(17-13-32(21-44)31-8-10-34-11-12-36(49)23-45(34,50)22-31)40-43(3,52-40)16-14-39-37(28)24-42(39,2)35-9-7-29(19-35)25-48-41(46)47-18-15-30-5-4-6-33-26-51-27-38(30)33/h4-6,26-27,29,31-32,34-37,39-40,49-50H,1,7-25H2,2-3H3,(H3,46,47,48)/t29-,31-,32-,34+,35-,36-,37+,39-,40+,42+,43+,44+,45+/m0/s1. The van der Waals surface area contributed by atoms with Gasteiger partial charge in [-0.25, -0.2) is 0 Å². The zero-order valence-electron chi connectivity index (χ0n) is 32.0. The number of hydrogen-bond acceptors (Lipinski definition) is 5. The first kappa shape index (κ1) is 35.4. The second kappa shape index (κ2) is 13.2. The average molecular weight is 712 g/mol. The minimum atomic E-state index is -0.654. The third-order valence-corrected chi connectivity index (χ3v) is 16.8. The Kier molecular flexibility index (Phi) is 8.94. The molecule has 9 rings (SSSR count). The van der Waals surface area contributed by atoms with E-state index in [0.717, 1.165) is 62.9 Å². The number of aliphatic hydroxyl groups excluding tert-OH is 1. The molecule has 2 aromatic rings.